The smallest absolute Gasteiger partial charge is 0.230 e. The largest absolute Gasteiger partial charge is 0.354 e. The van der Waals surface area contributed by atoms with Gasteiger partial charge in [0.05, 0.1) is 22.3 Å². The Bertz CT molecular complexity index is 1140. The summed E-state index contributed by atoms with van der Waals surface area (Å²) in [6.07, 6.45) is 2.08. The van der Waals surface area contributed by atoms with E-state index >= 15 is 0 Å². The Labute approximate surface area is 177 Å². The van der Waals surface area contributed by atoms with E-state index in [1.807, 2.05) is 72.1 Å². The number of fused-ring (bicyclic) bond motifs is 1. The average Bonchev–Trinajstić information content (AvgIpc) is 3.20. The highest BCUT2D eigenvalue weighted by atomic mass is 32.1. The van der Waals surface area contributed by atoms with Crippen LogP contribution in [0.2, 0.25) is 0 Å². The van der Waals surface area contributed by atoms with E-state index in [2.05, 4.69) is 20.9 Å². The molecule has 0 aliphatic carbocycles. The molecule has 0 aliphatic heterocycles. The molecule has 0 fully saturated rings. The molecular weight excluding hydrogens is 400 g/mol. The highest BCUT2D eigenvalue weighted by molar-refractivity contribution is 7.80. The number of hydrogen-bond donors (Lipinski definition) is 3. The van der Waals surface area contributed by atoms with Crippen LogP contribution in [-0.4, -0.2) is 16.0 Å². The highest BCUT2D eigenvalue weighted by Crippen LogP contribution is 2.29. The SMILES string of the molecule is O=C(Cc1ccccc1)NC(=S)Nc1ccc(Nc2ccnc3ccsc23)cc1. The van der Waals surface area contributed by atoms with E-state index in [0.717, 1.165) is 32.8 Å². The van der Waals surface area contributed by atoms with Crippen molar-refractivity contribution >= 4 is 61.9 Å². The standard InChI is InChI=1S/C22H18N4OS2/c27-20(14-15-4-2-1-3-5-15)26-22(28)25-17-8-6-16(7-9-17)24-19-10-12-23-18-11-13-29-21(18)19/h1-13H,14H2,(H,23,24)(H2,25,26,27,28). The number of hydrogen-bond acceptors (Lipinski definition) is 5. The number of carbonyl (C=O) groups is 1. The van der Waals surface area contributed by atoms with E-state index in [1.54, 1.807) is 17.5 Å². The summed E-state index contributed by atoms with van der Waals surface area (Å²) in [7, 11) is 0. The van der Waals surface area contributed by atoms with Crippen LogP contribution in [0.4, 0.5) is 17.1 Å². The van der Waals surface area contributed by atoms with Gasteiger partial charge in [0.1, 0.15) is 0 Å². The third-order valence-corrected chi connectivity index (χ3v) is 5.37. The first-order valence-electron chi connectivity index (χ1n) is 9.01. The van der Waals surface area contributed by atoms with E-state index < -0.39 is 0 Å². The van der Waals surface area contributed by atoms with Crippen molar-refractivity contribution in [2.75, 3.05) is 10.6 Å². The van der Waals surface area contributed by atoms with Crippen LogP contribution in [0.25, 0.3) is 10.2 Å². The Morgan fingerprint density at radius 3 is 2.52 bits per heavy atom. The van der Waals surface area contributed by atoms with Gasteiger partial charge in [-0.25, -0.2) is 0 Å². The molecule has 7 heteroatoms. The fourth-order valence-electron chi connectivity index (χ4n) is 2.88. The van der Waals surface area contributed by atoms with Gasteiger partial charge in [0.25, 0.3) is 0 Å². The Hall–Kier alpha value is -3.29. The van der Waals surface area contributed by atoms with E-state index in [0.29, 0.717) is 0 Å². The topological polar surface area (TPSA) is 66.1 Å². The van der Waals surface area contributed by atoms with Crippen molar-refractivity contribution in [1.82, 2.24) is 10.3 Å². The van der Waals surface area contributed by atoms with Gasteiger partial charge in [-0.15, -0.1) is 11.3 Å². The molecule has 0 saturated heterocycles. The normalized spacial score (nSPS) is 10.5. The van der Waals surface area contributed by atoms with Crippen LogP contribution in [0.3, 0.4) is 0 Å². The fourth-order valence-corrected chi connectivity index (χ4v) is 3.93. The second-order valence-corrected chi connectivity index (χ2v) is 7.68. The van der Waals surface area contributed by atoms with Gasteiger partial charge in [-0.2, -0.15) is 0 Å². The maximum atomic E-state index is 12.1. The van der Waals surface area contributed by atoms with E-state index in [4.69, 9.17) is 12.2 Å². The van der Waals surface area contributed by atoms with Crippen molar-refractivity contribution in [2.24, 2.45) is 0 Å². The van der Waals surface area contributed by atoms with Gasteiger partial charge in [-0.05, 0) is 59.6 Å². The highest BCUT2D eigenvalue weighted by Gasteiger charge is 2.07. The Balaban J connectivity index is 1.34. The first kappa shape index (κ1) is 19.0. The third kappa shape index (κ3) is 4.96. The Kier molecular flexibility index (Phi) is 5.79. The summed E-state index contributed by atoms with van der Waals surface area (Å²) >= 11 is 6.90. The number of nitrogens with zero attached hydrogens (tertiary/aromatic N) is 1. The first-order valence-corrected chi connectivity index (χ1v) is 10.3. The molecule has 144 valence electrons. The van der Waals surface area contributed by atoms with Crippen molar-refractivity contribution in [1.29, 1.82) is 0 Å². The van der Waals surface area contributed by atoms with Gasteiger partial charge in [0.15, 0.2) is 5.11 Å². The maximum absolute atomic E-state index is 12.1. The van der Waals surface area contributed by atoms with Gasteiger partial charge < -0.3 is 16.0 Å². The molecule has 0 radical (unpaired) electrons. The minimum atomic E-state index is -0.148. The molecule has 2 aromatic heterocycles. The van der Waals surface area contributed by atoms with Crippen molar-refractivity contribution < 1.29 is 4.79 Å². The number of nitrogens with one attached hydrogen (secondary N) is 3. The molecule has 0 bridgehead atoms. The monoisotopic (exact) mass is 418 g/mol. The summed E-state index contributed by atoms with van der Waals surface area (Å²) in [4.78, 5) is 16.5. The van der Waals surface area contributed by atoms with E-state index in [9.17, 15) is 4.79 Å². The molecule has 0 aliphatic rings. The zero-order valence-electron chi connectivity index (χ0n) is 15.4. The molecule has 2 heterocycles. The third-order valence-electron chi connectivity index (χ3n) is 4.23. The average molecular weight is 419 g/mol. The molecule has 0 saturated carbocycles. The second kappa shape index (κ2) is 8.81. The number of pyridine rings is 1. The molecule has 4 rings (SSSR count). The summed E-state index contributed by atoms with van der Waals surface area (Å²) < 4.78 is 1.12. The summed E-state index contributed by atoms with van der Waals surface area (Å²) in [5.41, 5.74) is 4.70. The minimum absolute atomic E-state index is 0.148. The molecule has 0 atom stereocenters. The fraction of sp³-hybridized carbons (Fsp3) is 0.0455. The lowest BCUT2D eigenvalue weighted by molar-refractivity contribution is -0.119. The number of amides is 1. The number of anilines is 3. The van der Waals surface area contributed by atoms with E-state index in [1.165, 1.54) is 0 Å². The zero-order chi connectivity index (χ0) is 20.1. The van der Waals surface area contributed by atoms with E-state index in [-0.39, 0.29) is 17.4 Å². The van der Waals surface area contributed by atoms with Crippen LogP contribution >= 0.6 is 23.6 Å². The van der Waals surface area contributed by atoms with Crippen molar-refractivity contribution in [3.63, 3.8) is 0 Å². The van der Waals surface area contributed by atoms with Crippen LogP contribution in [0, 0.1) is 0 Å². The van der Waals surface area contributed by atoms with Crippen LogP contribution in [-0.2, 0) is 11.2 Å². The van der Waals surface area contributed by atoms with Crippen LogP contribution in [0.1, 0.15) is 5.56 Å². The lowest BCUT2D eigenvalue weighted by Gasteiger charge is -2.11. The van der Waals surface area contributed by atoms with Crippen LogP contribution < -0.4 is 16.0 Å². The zero-order valence-corrected chi connectivity index (χ0v) is 17.0. The predicted octanol–water partition coefficient (Wildman–Crippen LogP) is 5.10. The van der Waals surface area contributed by atoms with Gasteiger partial charge >= 0.3 is 0 Å². The lowest BCUT2D eigenvalue weighted by Crippen LogP contribution is -2.35. The van der Waals surface area contributed by atoms with Gasteiger partial charge in [0, 0.05) is 17.6 Å². The maximum Gasteiger partial charge on any atom is 0.230 e. The number of aromatic nitrogens is 1. The molecule has 29 heavy (non-hydrogen) atoms. The van der Waals surface area contributed by atoms with Crippen molar-refractivity contribution in [3.8, 4) is 0 Å². The molecular formula is C22H18N4OS2. The van der Waals surface area contributed by atoms with Gasteiger partial charge in [-0.1, -0.05) is 30.3 Å². The minimum Gasteiger partial charge on any atom is -0.354 e. The molecule has 0 unspecified atom stereocenters. The van der Waals surface area contributed by atoms with Crippen molar-refractivity contribution in [2.45, 2.75) is 6.42 Å². The number of thiocarbonyl (C=S) groups is 1. The summed E-state index contributed by atoms with van der Waals surface area (Å²) in [5.74, 6) is -0.148. The number of thiophene rings is 1. The molecule has 5 nitrogen and oxygen atoms in total. The van der Waals surface area contributed by atoms with Crippen LogP contribution in [0.5, 0.6) is 0 Å². The summed E-state index contributed by atoms with van der Waals surface area (Å²) in [6, 6.07) is 21.2. The quantitative estimate of drug-likeness (QED) is 0.394. The van der Waals surface area contributed by atoms with Gasteiger partial charge in [0.2, 0.25) is 5.91 Å². The Morgan fingerprint density at radius 2 is 1.72 bits per heavy atom. The van der Waals surface area contributed by atoms with Crippen LogP contribution in [0.15, 0.2) is 78.3 Å². The molecule has 1 amide bonds. The first-order chi connectivity index (χ1) is 14.2. The van der Waals surface area contributed by atoms with Gasteiger partial charge in [-0.3, -0.25) is 9.78 Å². The number of benzene rings is 2. The molecule has 2 aromatic carbocycles. The molecule has 4 aromatic rings. The summed E-state index contributed by atoms with van der Waals surface area (Å²) in [5, 5.41) is 11.5. The number of rotatable bonds is 5. The predicted molar refractivity (Wildman–Crippen MR) is 124 cm³/mol. The molecule has 3 N–H and O–H groups in total. The number of carbonyl (C=O) groups excluding carboxylic acids is 1. The van der Waals surface area contributed by atoms with Crippen molar-refractivity contribution in [3.05, 3.63) is 83.9 Å². The summed E-state index contributed by atoms with van der Waals surface area (Å²) in [6.45, 7) is 0. The second-order valence-electron chi connectivity index (χ2n) is 6.36. The lowest BCUT2D eigenvalue weighted by atomic mass is 10.1. The Morgan fingerprint density at radius 1 is 0.966 bits per heavy atom. The molecule has 0 spiro atoms.